The standard InChI is InChI=1S/C19H29ClN4O2S/c1-3-27(26)17-6-4-5-16(13-17)24-19(21-2)23-12-11-22-18(25)14-7-9-15(20)10-8-14/h7-10,16-17H,3-6,11-13H2,1-2H3,(H,22,25)(H2,21,23,24). The molecule has 6 nitrogen and oxygen atoms in total. The van der Waals surface area contributed by atoms with Crippen LogP contribution in [0.25, 0.3) is 0 Å². The predicted molar refractivity (Wildman–Crippen MR) is 113 cm³/mol. The zero-order valence-electron chi connectivity index (χ0n) is 16.0. The first-order valence-electron chi connectivity index (χ1n) is 9.41. The zero-order valence-corrected chi connectivity index (χ0v) is 17.5. The molecule has 0 spiro atoms. The number of amides is 1. The van der Waals surface area contributed by atoms with Crippen LogP contribution in [0.15, 0.2) is 29.3 Å². The van der Waals surface area contributed by atoms with Crippen LogP contribution in [-0.2, 0) is 10.8 Å². The SMILES string of the molecule is CCS(=O)C1CCCC(NC(=NC)NCCNC(=O)c2ccc(Cl)cc2)C1. The fraction of sp³-hybridized carbons (Fsp3) is 0.579. The van der Waals surface area contributed by atoms with Crippen molar-refractivity contribution >= 4 is 34.3 Å². The minimum Gasteiger partial charge on any atom is -0.355 e. The number of hydrogen-bond acceptors (Lipinski definition) is 3. The van der Waals surface area contributed by atoms with E-state index in [2.05, 4.69) is 20.9 Å². The molecule has 1 aliphatic carbocycles. The van der Waals surface area contributed by atoms with Crippen molar-refractivity contribution in [2.24, 2.45) is 4.99 Å². The Hall–Kier alpha value is -1.60. The third-order valence-electron chi connectivity index (χ3n) is 4.66. The zero-order chi connectivity index (χ0) is 19.6. The number of nitrogens with zero attached hydrogens (tertiary/aromatic N) is 1. The number of rotatable bonds is 7. The van der Waals surface area contributed by atoms with Gasteiger partial charge in [0.1, 0.15) is 0 Å². The summed E-state index contributed by atoms with van der Waals surface area (Å²) in [7, 11) is 0.989. The Kier molecular flexibility index (Phi) is 9.07. The lowest BCUT2D eigenvalue weighted by molar-refractivity contribution is 0.0954. The molecule has 0 saturated heterocycles. The molecule has 1 fully saturated rings. The summed E-state index contributed by atoms with van der Waals surface area (Å²) in [5.41, 5.74) is 0.582. The van der Waals surface area contributed by atoms with Gasteiger partial charge in [-0.2, -0.15) is 0 Å². The fourth-order valence-electron chi connectivity index (χ4n) is 3.20. The largest absolute Gasteiger partial charge is 0.355 e. The molecule has 0 aliphatic heterocycles. The van der Waals surface area contributed by atoms with Gasteiger partial charge < -0.3 is 16.0 Å². The molecule has 1 aromatic carbocycles. The van der Waals surface area contributed by atoms with Crippen molar-refractivity contribution in [2.75, 3.05) is 25.9 Å². The Balaban J connectivity index is 1.71. The van der Waals surface area contributed by atoms with E-state index in [-0.39, 0.29) is 17.2 Å². The fourth-order valence-corrected chi connectivity index (χ4v) is 4.67. The number of nitrogens with one attached hydrogen (secondary N) is 3. The summed E-state index contributed by atoms with van der Waals surface area (Å²) in [6.07, 6.45) is 4.10. The van der Waals surface area contributed by atoms with Crippen LogP contribution in [0.2, 0.25) is 5.02 Å². The summed E-state index contributed by atoms with van der Waals surface area (Å²) in [4.78, 5) is 16.3. The molecule has 3 N–H and O–H groups in total. The van der Waals surface area contributed by atoms with Gasteiger partial charge in [0.15, 0.2) is 5.96 Å². The number of halogens is 1. The minimum absolute atomic E-state index is 0.131. The van der Waals surface area contributed by atoms with E-state index in [0.717, 1.165) is 31.4 Å². The molecule has 0 bridgehead atoms. The summed E-state index contributed by atoms with van der Waals surface area (Å²) in [6.45, 7) is 3.03. The highest BCUT2D eigenvalue weighted by Crippen LogP contribution is 2.22. The molecule has 1 amide bonds. The summed E-state index contributed by atoms with van der Waals surface area (Å²) >= 11 is 5.83. The van der Waals surface area contributed by atoms with Gasteiger partial charge in [-0.15, -0.1) is 0 Å². The van der Waals surface area contributed by atoms with Crippen LogP contribution in [0, 0.1) is 0 Å². The lowest BCUT2D eigenvalue weighted by Gasteiger charge is -2.30. The molecule has 3 atom stereocenters. The van der Waals surface area contributed by atoms with Crippen molar-refractivity contribution in [3.63, 3.8) is 0 Å². The Bertz CT molecular complexity index is 666. The predicted octanol–water partition coefficient (Wildman–Crippen LogP) is 2.31. The van der Waals surface area contributed by atoms with Crippen LogP contribution >= 0.6 is 11.6 Å². The van der Waals surface area contributed by atoms with Crippen molar-refractivity contribution in [3.05, 3.63) is 34.9 Å². The highest BCUT2D eigenvalue weighted by atomic mass is 35.5. The van der Waals surface area contributed by atoms with Gasteiger partial charge in [-0.25, -0.2) is 0 Å². The highest BCUT2D eigenvalue weighted by Gasteiger charge is 2.25. The van der Waals surface area contributed by atoms with Crippen molar-refractivity contribution < 1.29 is 9.00 Å². The van der Waals surface area contributed by atoms with E-state index in [0.29, 0.717) is 29.6 Å². The first-order valence-corrected chi connectivity index (χ1v) is 11.2. The molecule has 1 aromatic rings. The van der Waals surface area contributed by atoms with E-state index in [1.807, 2.05) is 6.92 Å². The number of guanidine groups is 1. The van der Waals surface area contributed by atoms with Gasteiger partial charge in [0.25, 0.3) is 5.91 Å². The maximum absolute atomic E-state index is 12.1. The van der Waals surface area contributed by atoms with E-state index in [1.54, 1.807) is 31.3 Å². The molecule has 0 radical (unpaired) electrons. The molecule has 150 valence electrons. The molecular formula is C19H29ClN4O2S. The van der Waals surface area contributed by atoms with E-state index in [1.165, 1.54) is 0 Å². The van der Waals surface area contributed by atoms with Crippen LogP contribution in [0.3, 0.4) is 0 Å². The summed E-state index contributed by atoms with van der Waals surface area (Å²) < 4.78 is 12.1. The average molecular weight is 413 g/mol. The second kappa shape index (κ2) is 11.3. The Morgan fingerprint density at radius 3 is 2.59 bits per heavy atom. The van der Waals surface area contributed by atoms with Gasteiger partial charge in [-0.1, -0.05) is 24.9 Å². The molecule has 27 heavy (non-hydrogen) atoms. The van der Waals surface area contributed by atoms with Crippen molar-refractivity contribution in [1.82, 2.24) is 16.0 Å². The van der Waals surface area contributed by atoms with Crippen LogP contribution in [0.4, 0.5) is 0 Å². The quantitative estimate of drug-likeness (QED) is 0.364. The van der Waals surface area contributed by atoms with Gasteiger partial charge in [-0.3, -0.25) is 14.0 Å². The van der Waals surface area contributed by atoms with Gasteiger partial charge in [0, 0.05) is 58.6 Å². The lowest BCUT2D eigenvalue weighted by atomic mass is 9.95. The molecule has 1 aliphatic rings. The van der Waals surface area contributed by atoms with Crippen LogP contribution in [0.5, 0.6) is 0 Å². The molecule has 1 saturated carbocycles. The van der Waals surface area contributed by atoms with E-state index in [9.17, 15) is 9.00 Å². The number of carbonyl (C=O) groups is 1. The van der Waals surface area contributed by atoms with Gasteiger partial charge in [0.05, 0.1) is 0 Å². The average Bonchev–Trinajstić information content (AvgIpc) is 2.70. The van der Waals surface area contributed by atoms with Crippen LogP contribution in [-0.4, -0.2) is 53.3 Å². The number of benzene rings is 1. The van der Waals surface area contributed by atoms with E-state index in [4.69, 9.17) is 11.6 Å². The lowest BCUT2D eigenvalue weighted by Crippen LogP contribution is -2.48. The maximum Gasteiger partial charge on any atom is 0.251 e. The Morgan fingerprint density at radius 1 is 1.22 bits per heavy atom. The monoisotopic (exact) mass is 412 g/mol. The minimum atomic E-state index is -0.739. The second-order valence-corrected chi connectivity index (χ2v) is 9.00. The number of hydrogen-bond donors (Lipinski definition) is 3. The normalized spacial score (nSPS) is 21.4. The first kappa shape index (κ1) is 21.7. The Labute approximate surface area is 169 Å². The van der Waals surface area contributed by atoms with Crippen molar-refractivity contribution in [2.45, 2.75) is 43.9 Å². The van der Waals surface area contributed by atoms with Crippen molar-refractivity contribution in [1.29, 1.82) is 0 Å². The molecule has 0 heterocycles. The summed E-state index contributed by atoms with van der Waals surface area (Å²) in [6, 6.07) is 7.08. The topological polar surface area (TPSA) is 82.6 Å². The van der Waals surface area contributed by atoms with E-state index < -0.39 is 10.8 Å². The summed E-state index contributed by atoms with van der Waals surface area (Å²) in [5, 5.41) is 10.4. The first-order chi connectivity index (χ1) is 13.0. The number of carbonyl (C=O) groups excluding carboxylic acids is 1. The second-order valence-electron chi connectivity index (χ2n) is 6.56. The van der Waals surface area contributed by atoms with E-state index >= 15 is 0 Å². The molecule has 8 heteroatoms. The van der Waals surface area contributed by atoms with Gasteiger partial charge in [0.2, 0.25) is 0 Å². The van der Waals surface area contributed by atoms with Crippen LogP contribution < -0.4 is 16.0 Å². The van der Waals surface area contributed by atoms with Gasteiger partial charge in [-0.05, 0) is 43.5 Å². The smallest absolute Gasteiger partial charge is 0.251 e. The Morgan fingerprint density at radius 2 is 1.93 bits per heavy atom. The molecule has 0 aromatic heterocycles. The molecule has 3 unspecified atom stereocenters. The molecule has 2 rings (SSSR count). The summed E-state index contributed by atoms with van der Waals surface area (Å²) in [5.74, 6) is 1.30. The maximum atomic E-state index is 12.1. The third kappa shape index (κ3) is 7.14. The third-order valence-corrected chi connectivity index (χ3v) is 6.65. The highest BCUT2D eigenvalue weighted by molar-refractivity contribution is 7.85. The number of aliphatic imine (C=N–C) groups is 1. The molecular weight excluding hydrogens is 384 g/mol. The van der Waals surface area contributed by atoms with Crippen molar-refractivity contribution in [3.8, 4) is 0 Å². The van der Waals surface area contributed by atoms with Crippen LogP contribution in [0.1, 0.15) is 43.0 Å². The van der Waals surface area contributed by atoms with Gasteiger partial charge >= 0.3 is 0 Å².